The smallest absolute Gasteiger partial charge is 0.186 e. The van der Waals surface area contributed by atoms with Crippen molar-refractivity contribution in [2.75, 3.05) is 20.3 Å². The van der Waals surface area contributed by atoms with Gasteiger partial charge in [0.1, 0.15) is 24.4 Å². The Hall–Kier alpha value is -0.240. The van der Waals surface area contributed by atoms with Crippen LogP contribution in [0.1, 0.15) is 32.6 Å². The molecule has 0 amide bonds. The number of unbranched alkanes of at least 4 members (excludes halogenated alkanes) is 3. The van der Waals surface area contributed by atoms with E-state index in [1.54, 1.807) is 0 Å². The molecule has 0 aliphatic carbocycles. The molecule has 0 aromatic heterocycles. The fourth-order valence-corrected chi connectivity index (χ4v) is 2.21. The number of methoxy groups -OCH3 is 1. The topological polar surface area (TPSA) is 88.4 Å². The molecule has 6 heteroatoms. The Morgan fingerprint density at radius 2 is 1.84 bits per heavy atom. The summed E-state index contributed by atoms with van der Waals surface area (Å²) in [4.78, 5) is 0. The van der Waals surface area contributed by atoms with Crippen molar-refractivity contribution in [1.82, 2.24) is 0 Å². The molecule has 0 aromatic carbocycles. The van der Waals surface area contributed by atoms with Crippen LogP contribution in [0.4, 0.5) is 0 Å². The first-order chi connectivity index (χ1) is 9.15. The zero-order valence-corrected chi connectivity index (χ0v) is 11.7. The van der Waals surface area contributed by atoms with Crippen LogP contribution in [0.3, 0.4) is 0 Å². The maximum absolute atomic E-state index is 9.90. The lowest BCUT2D eigenvalue weighted by molar-refractivity contribution is -0.304. The zero-order chi connectivity index (χ0) is 14.3. The third kappa shape index (κ3) is 4.66. The number of hydrogen-bond acceptors (Lipinski definition) is 6. The summed E-state index contributed by atoms with van der Waals surface area (Å²) in [5.74, 6) is 0. The summed E-state index contributed by atoms with van der Waals surface area (Å²) in [7, 11) is 1.40. The van der Waals surface area contributed by atoms with Gasteiger partial charge in [-0.3, -0.25) is 0 Å². The zero-order valence-electron chi connectivity index (χ0n) is 11.7. The van der Waals surface area contributed by atoms with Gasteiger partial charge in [0, 0.05) is 13.7 Å². The second-order valence-corrected chi connectivity index (χ2v) is 4.84. The lowest BCUT2D eigenvalue weighted by Crippen LogP contribution is -2.59. The predicted molar refractivity (Wildman–Crippen MR) is 68.7 cm³/mol. The Kier molecular flexibility index (Phi) is 7.82. The van der Waals surface area contributed by atoms with Crippen molar-refractivity contribution in [2.45, 2.75) is 63.3 Å². The maximum atomic E-state index is 9.90. The molecule has 0 spiro atoms. The largest absolute Gasteiger partial charge is 0.394 e. The molecule has 1 saturated heterocycles. The number of aliphatic hydroxyl groups excluding tert-OH is 3. The highest BCUT2D eigenvalue weighted by Crippen LogP contribution is 2.24. The molecule has 1 heterocycles. The maximum Gasteiger partial charge on any atom is 0.186 e. The van der Waals surface area contributed by atoms with Gasteiger partial charge in [-0.1, -0.05) is 26.2 Å². The Balaban J connectivity index is 2.41. The van der Waals surface area contributed by atoms with Crippen molar-refractivity contribution < 1.29 is 29.5 Å². The molecule has 114 valence electrons. The number of aliphatic hydroxyl groups is 3. The Bertz CT molecular complexity index is 235. The molecule has 0 unspecified atom stereocenters. The fraction of sp³-hybridized carbons (Fsp3) is 1.00. The molecule has 0 radical (unpaired) electrons. The molecule has 0 saturated carbocycles. The quantitative estimate of drug-likeness (QED) is 0.543. The summed E-state index contributed by atoms with van der Waals surface area (Å²) in [6, 6.07) is 0. The molecular formula is C13H26O6. The van der Waals surface area contributed by atoms with E-state index in [2.05, 4.69) is 6.92 Å². The number of ether oxygens (including phenoxy) is 3. The average molecular weight is 278 g/mol. The molecule has 5 atom stereocenters. The Morgan fingerprint density at radius 3 is 2.42 bits per heavy atom. The van der Waals surface area contributed by atoms with E-state index in [9.17, 15) is 15.3 Å². The minimum Gasteiger partial charge on any atom is -0.394 e. The van der Waals surface area contributed by atoms with E-state index in [0.29, 0.717) is 6.61 Å². The van der Waals surface area contributed by atoms with Crippen molar-refractivity contribution in [3.63, 3.8) is 0 Å². The lowest BCUT2D eigenvalue weighted by atomic mass is 9.99. The SMILES string of the molecule is CCCCCCO[C@@H]1O[C@H](CO)[C@@H](OC)[C@H](O)[C@H]1O. The van der Waals surface area contributed by atoms with Crippen LogP contribution in [0.2, 0.25) is 0 Å². The van der Waals surface area contributed by atoms with Crippen molar-refractivity contribution in [1.29, 1.82) is 0 Å². The summed E-state index contributed by atoms with van der Waals surface area (Å²) in [6.45, 7) is 2.30. The Labute approximate surface area is 114 Å². The third-order valence-corrected chi connectivity index (χ3v) is 3.37. The van der Waals surface area contributed by atoms with Gasteiger partial charge in [0.25, 0.3) is 0 Å². The standard InChI is InChI=1S/C13H26O6/c1-3-4-5-6-7-18-13-11(16)10(15)12(17-2)9(8-14)19-13/h9-16H,3-8H2,1-2H3/t9-,10-,11-,12-,13-/m1/s1. The van der Waals surface area contributed by atoms with E-state index in [4.69, 9.17) is 14.2 Å². The molecule has 19 heavy (non-hydrogen) atoms. The van der Waals surface area contributed by atoms with Crippen LogP contribution < -0.4 is 0 Å². The summed E-state index contributed by atoms with van der Waals surface area (Å²) in [6.07, 6.45) is -0.423. The van der Waals surface area contributed by atoms with Crippen LogP contribution in [0.15, 0.2) is 0 Å². The summed E-state index contributed by atoms with van der Waals surface area (Å²) in [5, 5.41) is 29.0. The normalized spacial score (nSPS) is 35.5. The van der Waals surface area contributed by atoms with E-state index in [1.165, 1.54) is 7.11 Å². The van der Waals surface area contributed by atoms with Crippen LogP contribution in [-0.4, -0.2) is 66.3 Å². The summed E-state index contributed by atoms with van der Waals surface area (Å²) >= 11 is 0. The predicted octanol–water partition coefficient (Wildman–Crippen LogP) is 0.0373. The molecule has 3 N–H and O–H groups in total. The minimum absolute atomic E-state index is 0.294. The van der Waals surface area contributed by atoms with Crippen molar-refractivity contribution in [3.05, 3.63) is 0 Å². The van der Waals surface area contributed by atoms with E-state index >= 15 is 0 Å². The van der Waals surface area contributed by atoms with Gasteiger partial charge in [0.05, 0.1) is 6.61 Å². The molecule has 6 nitrogen and oxygen atoms in total. The van der Waals surface area contributed by atoms with Crippen molar-refractivity contribution in [2.24, 2.45) is 0 Å². The first kappa shape index (κ1) is 16.8. The Morgan fingerprint density at radius 1 is 1.11 bits per heavy atom. The summed E-state index contributed by atoms with van der Waals surface area (Å²) in [5.41, 5.74) is 0. The fourth-order valence-electron chi connectivity index (χ4n) is 2.21. The van der Waals surface area contributed by atoms with Crippen LogP contribution in [0.5, 0.6) is 0 Å². The highest BCUT2D eigenvalue weighted by molar-refractivity contribution is 4.89. The third-order valence-electron chi connectivity index (χ3n) is 3.37. The van der Waals surface area contributed by atoms with Gasteiger partial charge >= 0.3 is 0 Å². The van der Waals surface area contributed by atoms with Crippen LogP contribution >= 0.6 is 0 Å². The summed E-state index contributed by atoms with van der Waals surface area (Å²) < 4.78 is 15.9. The van der Waals surface area contributed by atoms with E-state index < -0.39 is 30.7 Å². The molecule has 1 rings (SSSR count). The number of rotatable bonds is 8. The first-order valence-corrected chi connectivity index (χ1v) is 6.92. The first-order valence-electron chi connectivity index (χ1n) is 6.92. The van der Waals surface area contributed by atoms with Gasteiger partial charge in [-0.05, 0) is 6.42 Å². The minimum atomic E-state index is -1.17. The van der Waals surface area contributed by atoms with E-state index in [0.717, 1.165) is 25.7 Å². The van der Waals surface area contributed by atoms with Crippen molar-refractivity contribution in [3.8, 4) is 0 Å². The van der Waals surface area contributed by atoms with Crippen LogP contribution in [0, 0.1) is 0 Å². The van der Waals surface area contributed by atoms with E-state index in [1.807, 2.05) is 0 Å². The lowest BCUT2D eigenvalue weighted by Gasteiger charge is -2.41. The monoisotopic (exact) mass is 278 g/mol. The van der Waals surface area contributed by atoms with Gasteiger partial charge in [-0.15, -0.1) is 0 Å². The molecule has 1 aliphatic rings. The molecule has 1 aliphatic heterocycles. The van der Waals surface area contributed by atoms with Gasteiger partial charge in [0.15, 0.2) is 6.29 Å². The molecule has 0 aromatic rings. The highest BCUT2D eigenvalue weighted by atomic mass is 16.7. The van der Waals surface area contributed by atoms with Gasteiger partial charge in [-0.25, -0.2) is 0 Å². The second-order valence-electron chi connectivity index (χ2n) is 4.84. The molecular weight excluding hydrogens is 252 g/mol. The van der Waals surface area contributed by atoms with E-state index in [-0.39, 0.29) is 6.61 Å². The van der Waals surface area contributed by atoms with Crippen LogP contribution in [-0.2, 0) is 14.2 Å². The van der Waals surface area contributed by atoms with Gasteiger partial charge in [0.2, 0.25) is 0 Å². The molecule has 0 bridgehead atoms. The molecule has 1 fully saturated rings. The second kappa shape index (κ2) is 8.84. The van der Waals surface area contributed by atoms with Gasteiger partial charge in [-0.2, -0.15) is 0 Å². The number of hydrogen-bond donors (Lipinski definition) is 3. The van der Waals surface area contributed by atoms with Crippen LogP contribution in [0.25, 0.3) is 0 Å². The van der Waals surface area contributed by atoms with Crippen molar-refractivity contribution >= 4 is 0 Å². The highest BCUT2D eigenvalue weighted by Gasteiger charge is 2.44. The van der Waals surface area contributed by atoms with Gasteiger partial charge < -0.3 is 29.5 Å². The average Bonchev–Trinajstić information content (AvgIpc) is 2.42.